The third-order valence-electron chi connectivity index (χ3n) is 2.32. The highest BCUT2D eigenvalue weighted by Crippen LogP contribution is 2.36. The second-order valence-electron chi connectivity index (χ2n) is 3.55. The molecule has 0 fully saturated rings. The second kappa shape index (κ2) is 5.85. The van der Waals surface area contributed by atoms with Crippen molar-refractivity contribution in [3.05, 3.63) is 51.4 Å². The monoisotopic (exact) mass is 305 g/mol. The SMILES string of the molecule is NCC(Oc1cc(Cl)c(Cl)cc1Cl)c1ccco1. The minimum atomic E-state index is -0.422. The molecule has 0 amide bonds. The lowest BCUT2D eigenvalue weighted by Crippen LogP contribution is -2.18. The standard InChI is InChI=1S/C12H10Cl3NO2/c13-7-4-9(15)11(5-8(7)14)18-12(6-16)10-2-1-3-17-10/h1-5,12H,6,16H2. The molecule has 0 radical (unpaired) electrons. The van der Waals surface area contributed by atoms with E-state index in [0.29, 0.717) is 26.6 Å². The van der Waals surface area contributed by atoms with Gasteiger partial charge in [-0.2, -0.15) is 0 Å². The van der Waals surface area contributed by atoms with Gasteiger partial charge in [-0.3, -0.25) is 0 Å². The first kappa shape index (κ1) is 13.6. The first-order valence-corrected chi connectivity index (χ1v) is 6.30. The summed E-state index contributed by atoms with van der Waals surface area (Å²) in [6.07, 6.45) is 1.13. The Morgan fingerprint density at radius 1 is 1.17 bits per heavy atom. The van der Waals surface area contributed by atoms with Crippen LogP contribution in [0.1, 0.15) is 11.9 Å². The number of rotatable bonds is 4. The molecular weight excluding hydrogens is 296 g/mol. The van der Waals surface area contributed by atoms with E-state index >= 15 is 0 Å². The molecule has 1 unspecified atom stereocenters. The highest BCUT2D eigenvalue weighted by atomic mass is 35.5. The highest BCUT2D eigenvalue weighted by molar-refractivity contribution is 6.43. The minimum absolute atomic E-state index is 0.254. The molecule has 6 heteroatoms. The van der Waals surface area contributed by atoms with Crippen LogP contribution in [0.25, 0.3) is 0 Å². The molecule has 1 aromatic heterocycles. The van der Waals surface area contributed by atoms with E-state index in [9.17, 15) is 0 Å². The number of nitrogens with two attached hydrogens (primary N) is 1. The molecule has 0 aliphatic carbocycles. The summed E-state index contributed by atoms with van der Waals surface area (Å²) in [7, 11) is 0. The van der Waals surface area contributed by atoms with Crippen molar-refractivity contribution >= 4 is 34.8 Å². The van der Waals surface area contributed by atoms with Gasteiger partial charge in [-0.15, -0.1) is 0 Å². The molecule has 2 aromatic rings. The number of hydrogen-bond acceptors (Lipinski definition) is 3. The molecule has 0 aliphatic heterocycles. The minimum Gasteiger partial charge on any atom is -0.480 e. The van der Waals surface area contributed by atoms with Gasteiger partial charge in [-0.1, -0.05) is 34.8 Å². The van der Waals surface area contributed by atoms with E-state index in [1.165, 1.54) is 6.07 Å². The summed E-state index contributed by atoms with van der Waals surface area (Å²) in [6, 6.07) is 6.62. The van der Waals surface area contributed by atoms with Crippen LogP contribution in [-0.2, 0) is 0 Å². The van der Waals surface area contributed by atoms with Gasteiger partial charge in [0.1, 0.15) is 11.5 Å². The van der Waals surface area contributed by atoms with Crippen LogP contribution in [0.4, 0.5) is 0 Å². The van der Waals surface area contributed by atoms with E-state index in [4.69, 9.17) is 49.7 Å². The van der Waals surface area contributed by atoms with Crippen molar-refractivity contribution < 1.29 is 9.15 Å². The van der Waals surface area contributed by atoms with Crippen molar-refractivity contribution in [1.29, 1.82) is 0 Å². The van der Waals surface area contributed by atoms with Crippen molar-refractivity contribution in [2.45, 2.75) is 6.10 Å². The van der Waals surface area contributed by atoms with Gasteiger partial charge in [-0.05, 0) is 18.2 Å². The molecule has 0 aliphatic rings. The Hall–Kier alpha value is -0.870. The van der Waals surface area contributed by atoms with Crippen LogP contribution in [-0.4, -0.2) is 6.54 Å². The Labute approximate surface area is 119 Å². The van der Waals surface area contributed by atoms with Crippen molar-refractivity contribution in [2.75, 3.05) is 6.54 Å². The largest absolute Gasteiger partial charge is 0.480 e. The molecule has 0 saturated carbocycles. The molecule has 1 aromatic carbocycles. The first-order valence-electron chi connectivity index (χ1n) is 5.16. The number of furan rings is 1. The maximum absolute atomic E-state index is 6.02. The van der Waals surface area contributed by atoms with Crippen molar-refractivity contribution in [3.8, 4) is 5.75 Å². The molecular formula is C12H10Cl3NO2. The van der Waals surface area contributed by atoms with Crippen LogP contribution < -0.4 is 10.5 Å². The Bertz CT molecular complexity index is 528. The summed E-state index contributed by atoms with van der Waals surface area (Å²) >= 11 is 17.8. The molecule has 2 rings (SSSR count). The molecule has 18 heavy (non-hydrogen) atoms. The van der Waals surface area contributed by atoms with Gasteiger partial charge in [0.2, 0.25) is 0 Å². The van der Waals surface area contributed by atoms with Crippen LogP contribution in [0.2, 0.25) is 15.1 Å². The zero-order valence-corrected chi connectivity index (χ0v) is 11.5. The molecule has 0 saturated heterocycles. The highest BCUT2D eigenvalue weighted by Gasteiger charge is 2.17. The summed E-state index contributed by atoms with van der Waals surface area (Å²) in [4.78, 5) is 0. The van der Waals surface area contributed by atoms with Gasteiger partial charge in [0, 0.05) is 12.6 Å². The fourth-order valence-electron chi connectivity index (χ4n) is 1.44. The van der Waals surface area contributed by atoms with E-state index in [-0.39, 0.29) is 6.54 Å². The molecule has 3 nitrogen and oxygen atoms in total. The zero-order chi connectivity index (χ0) is 13.1. The van der Waals surface area contributed by atoms with Gasteiger partial charge in [0.15, 0.2) is 6.10 Å². The normalized spacial score (nSPS) is 12.4. The molecule has 2 N–H and O–H groups in total. The van der Waals surface area contributed by atoms with E-state index < -0.39 is 6.10 Å². The average molecular weight is 307 g/mol. The summed E-state index contributed by atoms with van der Waals surface area (Å²) in [5.74, 6) is 1.04. The first-order chi connectivity index (χ1) is 8.61. The van der Waals surface area contributed by atoms with Crippen LogP contribution >= 0.6 is 34.8 Å². The Morgan fingerprint density at radius 3 is 2.50 bits per heavy atom. The Morgan fingerprint density at radius 2 is 1.89 bits per heavy atom. The smallest absolute Gasteiger partial charge is 0.168 e. The topological polar surface area (TPSA) is 48.4 Å². The summed E-state index contributed by atoms with van der Waals surface area (Å²) in [6.45, 7) is 0.254. The lowest BCUT2D eigenvalue weighted by molar-refractivity contribution is 0.184. The summed E-state index contributed by atoms with van der Waals surface area (Å²) in [5, 5.41) is 1.11. The fourth-order valence-corrected chi connectivity index (χ4v) is 2.03. The van der Waals surface area contributed by atoms with Crippen LogP contribution in [0.15, 0.2) is 34.9 Å². The third kappa shape index (κ3) is 2.93. The zero-order valence-electron chi connectivity index (χ0n) is 9.20. The fraction of sp³-hybridized carbons (Fsp3) is 0.167. The van der Waals surface area contributed by atoms with Gasteiger partial charge in [-0.25, -0.2) is 0 Å². The predicted molar refractivity (Wildman–Crippen MR) is 72.6 cm³/mol. The van der Waals surface area contributed by atoms with Crippen LogP contribution in [0.5, 0.6) is 5.75 Å². The number of ether oxygens (including phenoxy) is 1. The second-order valence-corrected chi connectivity index (χ2v) is 4.78. The molecule has 1 heterocycles. The maximum atomic E-state index is 6.02. The molecule has 1 atom stereocenters. The number of benzene rings is 1. The van der Waals surface area contributed by atoms with Crippen molar-refractivity contribution in [3.63, 3.8) is 0 Å². The van der Waals surface area contributed by atoms with Crippen LogP contribution in [0, 0.1) is 0 Å². The Kier molecular flexibility index (Phi) is 4.40. The molecule has 0 spiro atoms. The summed E-state index contributed by atoms with van der Waals surface area (Å²) < 4.78 is 10.9. The van der Waals surface area contributed by atoms with E-state index in [1.807, 2.05) is 0 Å². The molecule has 96 valence electrons. The summed E-state index contributed by atoms with van der Waals surface area (Å²) in [5.41, 5.74) is 5.64. The van der Waals surface area contributed by atoms with Gasteiger partial charge < -0.3 is 14.9 Å². The van der Waals surface area contributed by atoms with Crippen molar-refractivity contribution in [2.24, 2.45) is 5.73 Å². The third-order valence-corrected chi connectivity index (χ3v) is 3.34. The number of halogens is 3. The van der Waals surface area contributed by atoms with E-state index in [1.54, 1.807) is 24.5 Å². The maximum Gasteiger partial charge on any atom is 0.168 e. The van der Waals surface area contributed by atoms with Crippen molar-refractivity contribution in [1.82, 2.24) is 0 Å². The van der Waals surface area contributed by atoms with Gasteiger partial charge in [0.05, 0.1) is 21.3 Å². The number of hydrogen-bond donors (Lipinski definition) is 1. The quantitative estimate of drug-likeness (QED) is 0.856. The van der Waals surface area contributed by atoms with Gasteiger partial charge in [0.25, 0.3) is 0 Å². The molecule has 0 bridgehead atoms. The van der Waals surface area contributed by atoms with Crippen LogP contribution in [0.3, 0.4) is 0 Å². The lowest BCUT2D eigenvalue weighted by atomic mass is 10.2. The predicted octanol–water partition coefficient (Wildman–Crippen LogP) is 4.32. The Balaban J connectivity index is 2.25. The van der Waals surface area contributed by atoms with E-state index in [0.717, 1.165) is 0 Å². The van der Waals surface area contributed by atoms with E-state index in [2.05, 4.69) is 0 Å². The lowest BCUT2D eigenvalue weighted by Gasteiger charge is -2.16. The van der Waals surface area contributed by atoms with Gasteiger partial charge >= 0.3 is 0 Å². The average Bonchev–Trinajstić information content (AvgIpc) is 2.85.